The molecule has 3 amide bonds. The van der Waals surface area contributed by atoms with Crippen LogP contribution in [-0.2, 0) is 9.59 Å². The Morgan fingerprint density at radius 3 is 2.33 bits per heavy atom. The Kier molecular flexibility index (Phi) is 6.14. The van der Waals surface area contributed by atoms with Gasteiger partial charge in [0.2, 0.25) is 5.91 Å². The molecule has 0 aromatic carbocycles. The minimum atomic E-state index is -4.70. The van der Waals surface area contributed by atoms with E-state index in [1.807, 2.05) is 5.32 Å². The van der Waals surface area contributed by atoms with E-state index in [2.05, 4.69) is 11.6 Å². The van der Waals surface area contributed by atoms with Crippen LogP contribution in [0.5, 0.6) is 0 Å². The van der Waals surface area contributed by atoms with Gasteiger partial charge in [-0.05, 0) is 42.0 Å². The summed E-state index contributed by atoms with van der Waals surface area (Å²) in [6, 6.07) is -2.05. The molecule has 2 heterocycles. The van der Waals surface area contributed by atoms with Gasteiger partial charge in [-0.2, -0.15) is 13.2 Å². The van der Waals surface area contributed by atoms with Gasteiger partial charge in [-0.25, -0.2) is 14.5 Å². The summed E-state index contributed by atoms with van der Waals surface area (Å²) in [7, 11) is 0. The average molecular weight is 425 g/mol. The number of urea groups is 1. The van der Waals surface area contributed by atoms with Crippen LogP contribution in [0.4, 0.5) is 18.0 Å². The SMILES string of the molecule is C=C(c1ccncc1)[C@H]1C(=O)N(C(=O)N[C@@H](C2CCCCC2)C(F)(F)F)[C@@H]1C(=O)O. The van der Waals surface area contributed by atoms with Gasteiger partial charge in [0, 0.05) is 12.4 Å². The van der Waals surface area contributed by atoms with Gasteiger partial charge in [0.25, 0.3) is 0 Å². The van der Waals surface area contributed by atoms with E-state index in [1.54, 1.807) is 0 Å². The Morgan fingerprint density at radius 2 is 1.80 bits per heavy atom. The first-order chi connectivity index (χ1) is 14.1. The number of nitrogens with one attached hydrogen (secondary N) is 1. The highest BCUT2D eigenvalue weighted by molar-refractivity contribution is 6.12. The molecule has 1 aromatic heterocycles. The third-order valence-corrected chi connectivity index (χ3v) is 5.75. The summed E-state index contributed by atoms with van der Waals surface area (Å²) in [4.78, 5) is 41.0. The maximum absolute atomic E-state index is 13.6. The number of amides is 3. The number of carbonyl (C=O) groups excluding carboxylic acids is 2. The zero-order valence-electron chi connectivity index (χ0n) is 16.1. The van der Waals surface area contributed by atoms with Crippen LogP contribution in [0, 0.1) is 11.8 Å². The number of alkyl halides is 3. The molecule has 2 N–H and O–H groups in total. The number of aliphatic carboxylic acids is 1. The van der Waals surface area contributed by atoms with E-state index >= 15 is 0 Å². The zero-order valence-corrected chi connectivity index (χ0v) is 16.1. The first-order valence-corrected chi connectivity index (χ1v) is 9.65. The lowest BCUT2D eigenvalue weighted by Crippen LogP contribution is -2.69. The van der Waals surface area contributed by atoms with Crippen molar-refractivity contribution in [1.82, 2.24) is 15.2 Å². The summed E-state index contributed by atoms with van der Waals surface area (Å²) in [6.07, 6.45) is 0.862. The van der Waals surface area contributed by atoms with Gasteiger partial charge in [0.15, 0.2) is 6.04 Å². The van der Waals surface area contributed by atoms with Crippen molar-refractivity contribution in [2.75, 3.05) is 0 Å². The van der Waals surface area contributed by atoms with Crippen LogP contribution >= 0.6 is 0 Å². The third kappa shape index (κ3) is 4.17. The number of pyridine rings is 1. The molecule has 1 aromatic rings. The van der Waals surface area contributed by atoms with Gasteiger partial charge in [0.1, 0.15) is 6.04 Å². The summed E-state index contributed by atoms with van der Waals surface area (Å²) in [5.41, 5.74) is 0.628. The second kappa shape index (κ2) is 8.45. The van der Waals surface area contributed by atoms with E-state index in [0.717, 1.165) is 6.42 Å². The molecule has 3 atom stereocenters. The van der Waals surface area contributed by atoms with Crippen LogP contribution < -0.4 is 5.32 Å². The predicted octanol–water partition coefficient (Wildman–Crippen LogP) is 3.23. The Balaban J connectivity index is 1.78. The fourth-order valence-corrected chi connectivity index (χ4v) is 4.19. The molecule has 30 heavy (non-hydrogen) atoms. The number of rotatable bonds is 5. The largest absolute Gasteiger partial charge is 0.480 e. The highest BCUT2D eigenvalue weighted by Crippen LogP contribution is 2.39. The second-order valence-electron chi connectivity index (χ2n) is 7.60. The first kappa shape index (κ1) is 21.8. The lowest BCUT2D eigenvalue weighted by atomic mass is 9.79. The highest BCUT2D eigenvalue weighted by atomic mass is 19.4. The number of β-lactam (4-membered cyclic amide) rings is 1. The molecule has 1 saturated carbocycles. The molecule has 0 unspecified atom stereocenters. The van der Waals surface area contributed by atoms with Gasteiger partial charge >= 0.3 is 18.2 Å². The van der Waals surface area contributed by atoms with Crippen LogP contribution in [0.15, 0.2) is 31.1 Å². The number of halogens is 3. The van der Waals surface area contributed by atoms with E-state index in [1.165, 1.54) is 24.5 Å². The molecule has 2 aliphatic rings. The molecular weight excluding hydrogens is 403 g/mol. The Morgan fingerprint density at radius 1 is 1.20 bits per heavy atom. The second-order valence-corrected chi connectivity index (χ2v) is 7.60. The van der Waals surface area contributed by atoms with Crippen molar-refractivity contribution >= 4 is 23.5 Å². The standard InChI is InChI=1S/C20H22F3N3O4/c1-11(12-7-9-24-10-8-12)14-15(18(28)29)26(17(14)27)19(30)25-16(20(21,22)23)13-5-3-2-4-6-13/h7-10,13-16H,1-6H2,(H,25,30)(H,28,29)/t14-,15+,16+/m1/s1. The summed E-state index contributed by atoms with van der Waals surface area (Å²) < 4.78 is 40.7. The van der Waals surface area contributed by atoms with Gasteiger partial charge < -0.3 is 10.4 Å². The fourth-order valence-electron chi connectivity index (χ4n) is 4.19. The minimum Gasteiger partial charge on any atom is -0.480 e. The Bertz CT molecular complexity index is 837. The molecular formula is C20H22F3N3O4. The predicted molar refractivity (Wildman–Crippen MR) is 100.0 cm³/mol. The zero-order chi connectivity index (χ0) is 22.1. The number of imide groups is 1. The highest BCUT2D eigenvalue weighted by Gasteiger charge is 2.57. The maximum Gasteiger partial charge on any atom is 0.408 e. The van der Waals surface area contributed by atoms with Crippen molar-refractivity contribution in [3.05, 3.63) is 36.7 Å². The molecule has 2 fully saturated rings. The van der Waals surface area contributed by atoms with Gasteiger partial charge in [0.05, 0.1) is 5.92 Å². The normalized spacial score (nSPS) is 23.4. The van der Waals surface area contributed by atoms with Crippen LogP contribution in [0.2, 0.25) is 0 Å². The maximum atomic E-state index is 13.6. The molecule has 3 rings (SSSR count). The summed E-state index contributed by atoms with van der Waals surface area (Å²) >= 11 is 0. The van der Waals surface area contributed by atoms with Crippen molar-refractivity contribution in [2.45, 2.75) is 50.4 Å². The number of carboxylic acid groups (broad SMARTS) is 1. The molecule has 1 aliphatic heterocycles. The van der Waals surface area contributed by atoms with Crippen LogP contribution in [0.25, 0.3) is 5.57 Å². The minimum absolute atomic E-state index is 0.165. The average Bonchev–Trinajstić information content (AvgIpc) is 2.70. The lowest BCUT2D eigenvalue weighted by Gasteiger charge is -2.44. The van der Waals surface area contributed by atoms with E-state index in [0.29, 0.717) is 36.1 Å². The topological polar surface area (TPSA) is 99.6 Å². The monoisotopic (exact) mass is 425 g/mol. The number of hydrogen-bond acceptors (Lipinski definition) is 4. The van der Waals surface area contributed by atoms with Crippen LogP contribution in [0.1, 0.15) is 37.7 Å². The fraction of sp³-hybridized carbons (Fsp3) is 0.500. The number of hydrogen-bond donors (Lipinski definition) is 2. The molecule has 1 saturated heterocycles. The van der Waals surface area contributed by atoms with E-state index in [9.17, 15) is 32.7 Å². The third-order valence-electron chi connectivity index (χ3n) is 5.75. The van der Waals surface area contributed by atoms with E-state index < -0.39 is 48.0 Å². The first-order valence-electron chi connectivity index (χ1n) is 9.65. The number of likely N-dealkylation sites (tertiary alicyclic amines) is 1. The van der Waals surface area contributed by atoms with Crippen molar-refractivity contribution in [1.29, 1.82) is 0 Å². The lowest BCUT2D eigenvalue weighted by molar-refractivity contribution is -0.171. The molecule has 0 spiro atoms. The molecule has 0 radical (unpaired) electrons. The molecule has 1 aliphatic carbocycles. The molecule has 10 heteroatoms. The van der Waals surface area contributed by atoms with Gasteiger partial charge in [-0.1, -0.05) is 25.8 Å². The smallest absolute Gasteiger partial charge is 0.408 e. The van der Waals surface area contributed by atoms with Crippen molar-refractivity contribution in [3.8, 4) is 0 Å². The van der Waals surface area contributed by atoms with Crippen molar-refractivity contribution < 1.29 is 32.7 Å². The van der Waals surface area contributed by atoms with E-state index in [4.69, 9.17) is 0 Å². The van der Waals surface area contributed by atoms with Gasteiger partial charge in [-0.15, -0.1) is 0 Å². The Labute approximate surface area is 171 Å². The molecule has 162 valence electrons. The molecule has 0 bridgehead atoms. The number of carboxylic acids is 1. The number of carbonyl (C=O) groups is 3. The summed E-state index contributed by atoms with van der Waals surface area (Å²) in [5, 5.41) is 11.4. The van der Waals surface area contributed by atoms with Crippen molar-refractivity contribution in [2.24, 2.45) is 11.8 Å². The van der Waals surface area contributed by atoms with Crippen molar-refractivity contribution in [3.63, 3.8) is 0 Å². The van der Waals surface area contributed by atoms with Gasteiger partial charge in [-0.3, -0.25) is 9.78 Å². The molecule has 7 nitrogen and oxygen atoms in total. The summed E-state index contributed by atoms with van der Waals surface area (Å²) in [5.74, 6) is -4.43. The van der Waals surface area contributed by atoms with Crippen LogP contribution in [0.3, 0.4) is 0 Å². The van der Waals surface area contributed by atoms with E-state index in [-0.39, 0.29) is 5.57 Å². The van der Waals surface area contributed by atoms with Crippen LogP contribution in [-0.4, -0.2) is 51.2 Å². The quantitative estimate of drug-likeness (QED) is 0.706. The Hall–Kier alpha value is -2.91. The number of aromatic nitrogens is 1. The number of nitrogens with zero attached hydrogens (tertiary/aromatic N) is 2. The summed E-state index contributed by atoms with van der Waals surface area (Å²) in [6.45, 7) is 3.75.